The van der Waals surface area contributed by atoms with E-state index in [1.54, 1.807) is 42.7 Å². The van der Waals surface area contributed by atoms with E-state index >= 15 is 0 Å². The highest BCUT2D eigenvalue weighted by Gasteiger charge is 2.19. The number of fused-ring (bicyclic) bond motifs is 1. The Morgan fingerprint density at radius 1 is 1.04 bits per heavy atom. The number of aldehydes is 1. The Bertz CT molecular complexity index is 1170. The lowest BCUT2D eigenvalue weighted by atomic mass is 10.0. The maximum absolute atomic E-state index is 11.4. The van der Waals surface area contributed by atoms with Crippen LogP contribution in [0.1, 0.15) is 15.9 Å². The zero-order chi connectivity index (χ0) is 19.7. The van der Waals surface area contributed by atoms with E-state index in [9.17, 15) is 4.79 Å². The second-order valence-corrected chi connectivity index (χ2v) is 7.32. The second kappa shape index (κ2) is 7.84. The third kappa shape index (κ3) is 3.47. The first-order valence-corrected chi connectivity index (χ1v) is 9.48. The van der Waals surface area contributed by atoms with E-state index in [0.29, 0.717) is 55.1 Å². The van der Waals surface area contributed by atoms with Crippen molar-refractivity contribution < 1.29 is 9.53 Å². The predicted molar refractivity (Wildman–Crippen MR) is 113 cm³/mol. The van der Waals surface area contributed by atoms with Crippen LogP contribution in [0.25, 0.3) is 22.2 Å². The number of rotatable bonds is 5. The maximum atomic E-state index is 11.4. The molecule has 0 saturated carbocycles. The highest BCUT2D eigenvalue weighted by Crippen LogP contribution is 2.43. The molecule has 7 heteroatoms. The van der Waals surface area contributed by atoms with Gasteiger partial charge in [0, 0.05) is 33.9 Å². The lowest BCUT2D eigenvalue weighted by Gasteiger charge is -2.14. The number of benzene rings is 2. The molecule has 1 N–H and O–H groups in total. The number of aromatic amines is 1. The molecule has 0 radical (unpaired) electrons. The summed E-state index contributed by atoms with van der Waals surface area (Å²) >= 11 is 19.0. The van der Waals surface area contributed by atoms with Crippen LogP contribution in [-0.2, 0) is 6.61 Å². The summed E-state index contributed by atoms with van der Waals surface area (Å²) in [6, 6.07) is 12.6. The fourth-order valence-corrected chi connectivity index (χ4v) is 3.77. The van der Waals surface area contributed by atoms with Gasteiger partial charge in [-0.05, 0) is 41.5 Å². The van der Waals surface area contributed by atoms with Crippen molar-refractivity contribution in [2.75, 3.05) is 0 Å². The van der Waals surface area contributed by atoms with Gasteiger partial charge < -0.3 is 9.72 Å². The number of aromatic nitrogens is 2. The Balaban J connectivity index is 1.76. The molecule has 0 aliphatic carbocycles. The Hall–Kier alpha value is -2.53. The number of nitrogens with one attached hydrogen (secondary N) is 1. The molecule has 2 aromatic heterocycles. The first-order valence-electron chi connectivity index (χ1n) is 8.35. The zero-order valence-corrected chi connectivity index (χ0v) is 16.6. The molecule has 0 atom stereocenters. The van der Waals surface area contributed by atoms with Crippen LogP contribution in [0.2, 0.25) is 15.1 Å². The number of halogens is 3. The van der Waals surface area contributed by atoms with Gasteiger partial charge in [0.15, 0.2) is 6.29 Å². The molecule has 0 unspecified atom stereocenters. The first kappa shape index (κ1) is 18.8. The van der Waals surface area contributed by atoms with Crippen molar-refractivity contribution in [3.8, 4) is 16.9 Å². The van der Waals surface area contributed by atoms with Gasteiger partial charge >= 0.3 is 0 Å². The van der Waals surface area contributed by atoms with Crippen molar-refractivity contribution in [1.82, 2.24) is 9.97 Å². The summed E-state index contributed by atoms with van der Waals surface area (Å²) in [5, 5.41) is 2.15. The minimum atomic E-state index is 0.327. The average molecular weight is 432 g/mol. The molecule has 28 heavy (non-hydrogen) atoms. The molecule has 2 heterocycles. The van der Waals surface area contributed by atoms with Gasteiger partial charge in [-0.3, -0.25) is 4.79 Å². The van der Waals surface area contributed by atoms with E-state index in [-0.39, 0.29) is 0 Å². The molecule has 0 bridgehead atoms. The lowest BCUT2D eigenvalue weighted by molar-refractivity contribution is 0.112. The standard InChI is InChI=1S/C21H13Cl3N2O2/c22-14-3-1-12(2-4-14)11-28-17-6-5-16(23)19(20(17)24)15-7-8-25-21-18(15)13(10-27)9-26-21/h1-10H,11H2,(H,25,26). The minimum Gasteiger partial charge on any atom is -0.487 e. The smallest absolute Gasteiger partial charge is 0.152 e. The largest absolute Gasteiger partial charge is 0.487 e. The van der Waals surface area contributed by atoms with Crippen molar-refractivity contribution in [2.24, 2.45) is 0 Å². The summed E-state index contributed by atoms with van der Waals surface area (Å²) in [5.41, 5.74) is 3.32. The highest BCUT2D eigenvalue weighted by molar-refractivity contribution is 6.40. The third-order valence-corrected chi connectivity index (χ3v) is 5.31. The van der Waals surface area contributed by atoms with Gasteiger partial charge in [0.2, 0.25) is 0 Å². The third-order valence-electron chi connectivity index (χ3n) is 4.36. The number of carbonyl (C=O) groups is 1. The summed E-state index contributed by atoms with van der Waals surface area (Å²) in [4.78, 5) is 18.7. The highest BCUT2D eigenvalue weighted by atomic mass is 35.5. The molecule has 0 saturated heterocycles. The molecule has 0 aliphatic heterocycles. The predicted octanol–water partition coefficient (Wildman–Crippen LogP) is 6.58. The zero-order valence-electron chi connectivity index (χ0n) is 14.4. The molecule has 0 fully saturated rings. The van der Waals surface area contributed by atoms with Gasteiger partial charge in [0.1, 0.15) is 18.0 Å². The van der Waals surface area contributed by atoms with Crippen LogP contribution < -0.4 is 4.74 Å². The van der Waals surface area contributed by atoms with Crippen LogP contribution in [0.5, 0.6) is 5.75 Å². The average Bonchev–Trinajstić information content (AvgIpc) is 3.13. The van der Waals surface area contributed by atoms with Crippen LogP contribution in [0, 0.1) is 0 Å². The second-order valence-electron chi connectivity index (χ2n) is 6.09. The molecule has 4 nitrogen and oxygen atoms in total. The van der Waals surface area contributed by atoms with Gasteiger partial charge in [-0.15, -0.1) is 0 Å². The van der Waals surface area contributed by atoms with Crippen molar-refractivity contribution in [2.45, 2.75) is 6.61 Å². The summed E-state index contributed by atoms with van der Waals surface area (Å²) < 4.78 is 5.90. The van der Waals surface area contributed by atoms with Gasteiger partial charge in [-0.25, -0.2) is 4.98 Å². The topological polar surface area (TPSA) is 55.0 Å². The number of carbonyl (C=O) groups excluding carboxylic acids is 1. The Morgan fingerprint density at radius 3 is 2.57 bits per heavy atom. The van der Waals surface area contributed by atoms with Gasteiger partial charge in [0.05, 0.1) is 10.0 Å². The molecule has 0 amide bonds. The number of pyridine rings is 1. The van der Waals surface area contributed by atoms with E-state index in [1.165, 1.54) is 0 Å². The quantitative estimate of drug-likeness (QED) is 0.363. The summed E-state index contributed by atoms with van der Waals surface area (Å²) in [6.45, 7) is 0.327. The number of nitrogens with zero attached hydrogens (tertiary/aromatic N) is 1. The maximum Gasteiger partial charge on any atom is 0.152 e. The first-order chi connectivity index (χ1) is 13.6. The molecule has 4 aromatic rings. The molecular formula is C21H13Cl3N2O2. The van der Waals surface area contributed by atoms with Crippen LogP contribution in [0.3, 0.4) is 0 Å². The molecule has 0 spiro atoms. The van der Waals surface area contributed by atoms with Gasteiger partial charge in [-0.2, -0.15) is 0 Å². The molecule has 0 aliphatic rings. The Labute approximate surface area is 176 Å². The van der Waals surface area contributed by atoms with E-state index in [4.69, 9.17) is 39.5 Å². The number of H-pyrrole nitrogens is 1. The van der Waals surface area contributed by atoms with E-state index in [1.807, 2.05) is 12.1 Å². The number of hydrogen-bond donors (Lipinski definition) is 1. The summed E-state index contributed by atoms with van der Waals surface area (Å²) in [7, 11) is 0. The molecule has 2 aromatic carbocycles. The van der Waals surface area contributed by atoms with Crippen molar-refractivity contribution in [3.05, 3.63) is 81.1 Å². The van der Waals surface area contributed by atoms with Crippen LogP contribution in [-0.4, -0.2) is 16.3 Å². The number of ether oxygens (including phenoxy) is 1. The fraction of sp³-hybridized carbons (Fsp3) is 0.0476. The number of hydrogen-bond acceptors (Lipinski definition) is 3. The molecular weight excluding hydrogens is 419 g/mol. The van der Waals surface area contributed by atoms with Gasteiger partial charge in [-0.1, -0.05) is 46.9 Å². The Kier molecular flexibility index (Phi) is 5.27. The van der Waals surface area contributed by atoms with Crippen molar-refractivity contribution >= 4 is 52.1 Å². The normalized spacial score (nSPS) is 11.0. The summed E-state index contributed by atoms with van der Waals surface area (Å²) in [5.74, 6) is 0.490. The van der Waals surface area contributed by atoms with E-state index in [0.717, 1.165) is 11.8 Å². The SMILES string of the molecule is O=Cc1c[nH]c2nccc(-c3c(Cl)ccc(OCc4ccc(Cl)cc4)c3Cl)c12. The van der Waals surface area contributed by atoms with Gasteiger partial charge in [0.25, 0.3) is 0 Å². The minimum absolute atomic E-state index is 0.327. The molecule has 140 valence electrons. The van der Waals surface area contributed by atoms with Crippen molar-refractivity contribution in [3.63, 3.8) is 0 Å². The van der Waals surface area contributed by atoms with Crippen molar-refractivity contribution in [1.29, 1.82) is 0 Å². The van der Waals surface area contributed by atoms with Crippen LogP contribution >= 0.6 is 34.8 Å². The summed E-state index contributed by atoms with van der Waals surface area (Å²) in [6.07, 6.45) is 4.01. The van der Waals surface area contributed by atoms with E-state index in [2.05, 4.69) is 9.97 Å². The van der Waals surface area contributed by atoms with Crippen LogP contribution in [0.4, 0.5) is 0 Å². The van der Waals surface area contributed by atoms with Crippen LogP contribution in [0.15, 0.2) is 54.9 Å². The lowest BCUT2D eigenvalue weighted by Crippen LogP contribution is -1.97. The molecule has 4 rings (SSSR count). The fourth-order valence-electron chi connectivity index (χ4n) is 3.02. The Morgan fingerprint density at radius 2 is 1.82 bits per heavy atom. The van der Waals surface area contributed by atoms with E-state index < -0.39 is 0 Å². The monoisotopic (exact) mass is 430 g/mol.